The van der Waals surface area contributed by atoms with Crippen molar-refractivity contribution >= 4 is 33.6 Å². The molecule has 1 aliphatic heterocycles. The van der Waals surface area contributed by atoms with E-state index in [4.69, 9.17) is 4.74 Å². The Morgan fingerprint density at radius 1 is 1.24 bits per heavy atom. The Kier molecular flexibility index (Phi) is 6.46. The number of rotatable bonds is 2. The topological polar surface area (TPSA) is 81.1 Å². The summed E-state index contributed by atoms with van der Waals surface area (Å²) in [4.78, 5) is 26.0. The fourth-order valence-electron chi connectivity index (χ4n) is 2.41. The van der Waals surface area contributed by atoms with E-state index in [0.717, 1.165) is 4.48 Å². The molecule has 1 aliphatic carbocycles. The number of nitrogens with zero attached hydrogens (tertiary/aromatic N) is 3. The molecule has 25 heavy (non-hydrogen) atoms. The number of aromatic nitrogens is 1. The quantitative estimate of drug-likeness (QED) is 0.698. The summed E-state index contributed by atoms with van der Waals surface area (Å²) in [6, 6.07) is 3.45. The van der Waals surface area contributed by atoms with Gasteiger partial charge in [-0.2, -0.15) is 5.10 Å². The molecule has 2 aliphatic rings. The fraction of sp³-hybridized carbons (Fsp3) is 0.294. The van der Waals surface area contributed by atoms with Gasteiger partial charge in [0.1, 0.15) is 0 Å². The van der Waals surface area contributed by atoms with Crippen LogP contribution in [0.1, 0.15) is 10.4 Å². The van der Waals surface area contributed by atoms with Crippen LogP contribution in [-0.4, -0.2) is 55.0 Å². The maximum atomic E-state index is 11.5. The predicted molar refractivity (Wildman–Crippen MR) is 96.2 cm³/mol. The van der Waals surface area contributed by atoms with E-state index in [0.29, 0.717) is 11.3 Å². The third kappa shape index (κ3) is 4.54. The van der Waals surface area contributed by atoms with E-state index in [1.165, 1.54) is 20.4 Å². The molecule has 2 atom stereocenters. The zero-order valence-electron chi connectivity index (χ0n) is 14.0. The highest BCUT2D eigenvalue weighted by Crippen LogP contribution is 2.30. The van der Waals surface area contributed by atoms with Crippen molar-refractivity contribution in [3.05, 3.63) is 52.8 Å². The lowest BCUT2D eigenvalue weighted by Gasteiger charge is -2.22. The van der Waals surface area contributed by atoms with Crippen LogP contribution in [0.4, 0.5) is 0 Å². The van der Waals surface area contributed by atoms with E-state index >= 15 is 0 Å². The number of halogens is 1. The molecule has 0 aromatic carbocycles. The van der Waals surface area contributed by atoms with Gasteiger partial charge in [-0.3, -0.25) is 9.99 Å². The van der Waals surface area contributed by atoms with Crippen molar-refractivity contribution in [3.63, 3.8) is 0 Å². The summed E-state index contributed by atoms with van der Waals surface area (Å²) in [5, 5.41) is 5.98. The number of ether oxygens (including phenoxy) is 2. The van der Waals surface area contributed by atoms with Crippen molar-refractivity contribution < 1.29 is 19.1 Å². The highest BCUT2D eigenvalue weighted by atomic mass is 79.9. The Bertz CT molecular complexity index is 731. The predicted octanol–water partition coefficient (Wildman–Crippen LogP) is 2.16. The summed E-state index contributed by atoms with van der Waals surface area (Å²) in [5.41, 5.74) is 0.947. The molecule has 1 aromatic rings. The van der Waals surface area contributed by atoms with Crippen LogP contribution in [-0.2, 0) is 14.3 Å². The first kappa shape index (κ1) is 18.9. The lowest BCUT2D eigenvalue weighted by molar-refractivity contribution is -0.132. The van der Waals surface area contributed by atoms with Crippen LogP contribution in [0.5, 0.6) is 0 Å². The van der Waals surface area contributed by atoms with Gasteiger partial charge < -0.3 is 9.47 Å². The molecule has 132 valence electrons. The minimum absolute atomic E-state index is 0.00347. The molecule has 0 fully saturated rings. The van der Waals surface area contributed by atoms with Crippen molar-refractivity contribution in [3.8, 4) is 0 Å². The molecule has 2 unspecified atom stereocenters. The molecule has 0 saturated heterocycles. The molecule has 2 heterocycles. The lowest BCUT2D eigenvalue weighted by atomic mass is 9.92. The number of allylic oxidation sites excluding steroid dienone is 2. The zero-order valence-corrected chi connectivity index (χ0v) is 15.6. The Labute approximate surface area is 154 Å². The number of hydrogen-bond acceptors (Lipinski definition) is 7. The third-order valence-corrected chi connectivity index (χ3v) is 4.18. The standard InChI is InChI=1S/C10H11BrN2O2.C7H7NO2/c1-13-8-5-6(11)3-4-7(8)9(12-13)10(14)15-2;1-10-7(9)6-3-2-4-8-5-6/h3-5,7-8H,1-2H3;2-5H,1H3. The Morgan fingerprint density at radius 2 is 1.96 bits per heavy atom. The van der Waals surface area contributed by atoms with Gasteiger partial charge in [-0.1, -0.05) is 28.1 Å². The first-order chi connectivity index (χ1) is 12.0. The summed E-state index contributed by atoms with van der Waals surface area (Å²) in [6.45, 7) is 0. The number of carbonyl (C=O) groups is 2. The van der Waals surface area contributed by atoms with Crippen molar-refractivity contribution in [1.29, 1.82) is 0 Å². The number of pyridine rings is 1. The van der Waals surface area contributed by atoms with E-state index in [9.17, 15) is 9.59 Å². The second-order valence-electron chi connectivity index (χ2n) is 5.21. The number of fused-ring (bicyclic) bond motifs is 1. The Balaban J connectivity index is 0.000000196. The van der Waals surface area contributed by atoms with E-state index in [1.807, 2.05) is 25.3 Å². The number of methoxy groups -OCH3 is 2. The highest BCUT2D eigenvalue weighted by Gasteiger charge is 2.38. The molecule has 0 spiro atoms. The number of hydrogen-bond donors (Lipinski definition) is 0. The first-order valence-corrected chi connectivity index (χ1v) is 8.20. The summed E-state index contributed by atoms with van der Waals surface area (Å²) >= 11 is 3.41. The zero-order chi connectivity index (χ0) is 18.4. The van der Waals surface area contributed by atoms with Crippen molar-refractivity contribution in [2.75, 3.05) is 21.3 Å². The second kappa shape index (κ2) is 8.57. The first-order valence-electron chi connectivity index (χ1n) is 7.41. The van der Waals surface area contributed by atoms with Crippen LogP contribution in [0.15, 0.2) is 52.3 Å². The van der Waals surface area contributed by atoms with Gasteiger partial charge in [-0.15, -0.1) is 0 Å². The molecule has 8 heteroatoms. The number of carbonyl (C=O) groups excluding carboxylic acids is 2. The minimum atomic E-state index is -0.356. The van der Waals surface area contributed by atoms with E-state index in [1.54, 1.807) is 23.3 Å². The SMILES string of the molecule is COC(=O)C1=NN(C)C2C=C(Br)C=CC12.COC(=O)c1cccnc1. The third-order valence-electron chi connectivity index (χ3n) is 3.65. The maximum absolute atomic E-state index is 11.5. The highest BCUT2D eigenvalue weighted by molar-refractivity contribution is 9.11. The largest absolute Gasteiger partial charge is 0.465 e. The molecule has 7 nitrogen and oxygen atoms in total. The summed E-state index contributed by atoms with van der Waals surface area (Å²) in [6.07, 6.45) is 9.00. The van der Waals surface area contributed by atoms with Gasteiger partial charge in [0, 0.05) is 23.9 Å². The molecule has 3 rings (SSSR count). The molecule has 0 amide bonds. The Hall–Kier alpha value is -2.48. The van der Waals surface area contributed by atoms with Crippen LogP contribution < -0.4 is 0 Å². The van der Waals surface area contributed by atoms with E-state index in [-0.39, 0.29) is 23.9 Å². The normalized spacial score (nSPS) is 20.6. The molecule has 0 N–H and O–H groups in total. The van der Waals surface area contributed by atoms with E-state index in [2.05, 4.69) is 30.8 Å². The van der Waals surface area contributed by atoms with E-state index < -0.39 is 0 Å². The summed E-state index contributed by atoms with van der Waals surface area (Å²) < 4.78 is 10.2. The molecule has 1 aromatic heterocycles. The summed E-state index contributed by atoms with van der Waals surface area (Å²) in [5.74, 6) is -0.706. The van der Waals surface area contributed by atoms with Crippen molar-refractivity contribution in [2.45, 2.75) is 6.04 Å². The van der Waals surface area contributed by atoms with Crippen molar-refractivity contribution in [2.24, 2.45) is 11.0 Å². The Morgan fingerprint density at radius 3 is 2.56 bits per heavy atom. The molecule has 0 radical (unpaired) electrons. The maximum Gasteiger partial charge on any atom is 0.354 e. The van der Waals surface area contributed by atoms with Gasteiger partial charge in [0.25, 0.3) is 0 Å². The number of likely N-dealkylation sites (N-methyl/N-ethyl adjacent to an activating group) is 1. The van der Waals surface area contributed by atoms with Crippen LogP contribution >= 0.6 is 15.9 Å². The van der Waals surface area contributed by atoms with Gasteiger partial charge in [0.2, 0.25) is 0 Å². The van der Waals surface area contributed by atoms with Crippen LogP contribution in [0, 0.1) is 5.92 Å². The number of esters is 2. The number of hydrazone groups is 1. The van der Waals surface area contributed by atoms with Gasteiger partial charge in [0.05, 0.1) is 31.7 Å². The van der Waals surface area contributed by atoms with Gasteiger partial charge in [-0.05, 0) is 18.2 Å². The monoisotopic (exact) mass is 407 g/mol. The van der Waals surface area contributed by atoms with Crippen LogP contribution in [0.25, 0.3) is 0 Å². The smallest absolute Gasteiger partial charge is 0.354 e. The molecular formula is C17H18BrN3O4. The molecular weight excluding hydrogens is 390 g/mol. The van der Waals surface area contributed by atoms with Crippen molar-refractivity contribution in [1.82, 2.24) is 9.99 Å². The average molecular weight is 408 g/mol. The molecule has 0 saturated carbocycles. The van der Waals surface area contributed by atoms with Crippen LogP contribution in [0.2, 0.25) is 0 Å². The average Bonchev–Trinajstić information content (AvgIpc) is 2.97. The van der Waals surface area contributed by atoms with Crippen LogP contribution in [0.3, 0.4) is 0 Å². The second-order valence-corrected chi connectivity index (χ2v) is 6.13. The summed E-state index contributed by atoms with van der Waals surface area (Å²) in [7, 11) is 4.56. The minimum Gasteiger partial charge on any atom is -0.465 e. The van der Waals surface area contributed by atoms with Gasteiger partial charge in [-0.25, -0.2) is 9.59 Å². The molecule has 0 bridgehead atoms. The fourth-order valence-corrected chi connectivity index (χ4v) is 2.83. The van der Waals surface area contributed by atoms with Gasteiger partial charge in [0.15, 0.2) is 5.71 Å². The lowest BCUT2D eigenvalue weighted by Crippen LogP contribution is -2.32. The van der Waals surface area contributed by atoms with Gasteiger partial charge >= 0.3 is 11.9 Å².